The number of hydrogen-bond donors (Lipinski definition) is 1. The Hall–Kier alpha value is -0.380. The molecule has 1 unspecified atom stereocenters. The molecule has 2 N–H and O–H groups in total. The maximum Gasteiger partial charge on any atom is 0.0580 e. The first-order valence-corrected chi connectivity index (χ1v) is 8.19. The van der Waals surface area contributed by atoms with Crippen molar-refractivity contribution in [3.8, 4) is 0 Å². The van der Waals surface area contributed by atoms with Crippen LogP contribution in [0.5, 0.6) is 0 Å². The van der Waals surface area contributed by atoms with Crippen molar-refractivity contribution in [3.63, 3.8) is 0 Å². The van der Waals surface area contributed by atoms with Crippen LogP contribution in [-0.2, 0) is 10.2 Å². The second-order valence-corrected chi connectivity index (χ2v) is 7.82. The average Bonchev–Trinajstić information content (AvgIpc) is 2.74. The van der Waals surface area contributed by atoms with Gasteiger partial charge in [0.05, 0.1) is 6.10 Å². The van der Waals surface area contributed by atoms with E-state index in [4.69, 9.17) is 10.5 Å². The van der Waals surface area contributed by atoms with Crippen molar-refractivity contribution >= 4 is 11.3 Å². The van der Waals surface area contributed by atoms with E-state index >= 15 is 0 Å². The molecular formula is C16H27NOS. The Bertz CT molecular complexity index is 401. The fourth-order valence-electron chi connectivity index (χ4n) is 2.67. The Morgan fingerprint density at radius 1 is 1.37 bits per heavy atom. The second kappa shape index (κ2) is 5.94. The highest BCUT2D eigenvalue weighted by atomic mass is 32.1. The largest absolute Gasteiger partial charge is 0.378 e. The van der Waals surface area contributed by atoms with Gasteiger partial charge in [-0.3, -0.25) is 0 Å². The predicted octanol–water partition coefficient (Wildman–Crippen LogP) is 4.25. The highest BCUT2D eigenvalue weighted by molar-refractivity contribution is 7.12. The van der Waals surface area contributed by atoms with E-state index in [0.717, 1.165) is 18.9 Å². The van der Waals surface area contributed by atoms with Crippen molar-refractivity contribution < 1.29 is 4.74 Å². The van der Waals surface area contributed by atoms with Crippen molar-refractivity contribution in [2.75, 3.05) is 6.61 Å². The predicted molar refractivity (Wildman–Crippen MR) is 82.7 cm³/mol. The number of hydrogen-bond acceptors (Lipinski definition) is 3. The number of nitrogens with two attached hydrogens (primary N) is 1. The van der Waals surface area contributed by atoms with E-state index in [-0.39, 0.29) is 11.5 Å². The van der Waals surface area contributed by atoms with Crippen LogP contribution in [0.4, 0.5) is 0 Å². The lowest BCUT2D eigenvalue weighted by molar-refractivity contribution is -0.0281. The van der Waals surface area contributed by atoms with Crippen LogP contribution in [0.25, 0.3) is 0 Å². The number of rotatable bonds is 5. The van der Waals surface area contributed by atoms with Crippen molar-refractivity contribution in [2.24, 2.45) is 11.7 Å². The molecule has 1 atom stereocenters. The van der Waals surface area contributed by atoms with Crippen molar-refractivity contribution in [1.29, 1.82) is 0 Å². The standard InChI is InChI=1S/C16H27NOS/c1-5-18-12-8-11(9-12)10-13(17)14-6-7-15(19-14)16(2,3)4/h6-7,11-13H,5,8-10,17H2,1-4H3. The summed E-state index contributed by atoms with van der Waals surface area (Å²) in [5.74, 6) is 0.756. The summed E-state index contributed by atoms with van der Waals surface area (Å²) < 4.78 is 5.61. The Labute approximate surface area is 121 Å². The third-order valence-electron chi connectivity index (χ3n) is 3.91. The van der Waals surface area contributed by atoms with E-state index in [1.54, 1.807) is 0 Å². The molecule has 0 aliphatic heterocycles. The summed E-state index contributed by atoms with van der Waals surface area (Å²) in [5.41, 5.74) is 6.59. The Morgan fingerprint density at radius 3 is 2.58 bits per heavy atom. The minimum Gasteiger partial charge on any atom is -0.378 e. The van der Waals surface area contributed by atoms with Crippen LogP contribution in [0.15, 0.2) is 12.1 Å². The topological polar surface area (TPSA) is 35.2 Å². The zero-order chi connectivity index (χ0) is 14.0. The summed E-state index contributed by atoms with van der Waals surface area (Å²) in [5, 5.41) is 0. The highest BCUT2D eigenvalue weighted by Crippen LogP contribution is 2.38. The normalized spacial score (nSPS) is 25.1. The molecule has 0 bridgehead atoms. The molecule has 2 rings (SSSR count). The van der Waals surface area contributed by atoms with Gasteiger partial charge < -0.3 is 10.5 Å². The minimum absolute atomic E-state index is 0.202. The summed E-state index contributed by atoms with van der Waals surface area (Å²) in [6, 6.07) is 4.66. The van der Waals surface area contributed by atoms with Gasteiger partial charge in [-0.25, -0.2) is 0 Å². The first kappa shape index (κ1) is 15.0. The Morgan fingerprint density at radius 2 is 2.05 bits per heavy atom. The molecule has 1 aromatic rings. The van der Waals surface area contributed by atoms with Gasteiger partial charge in [0.1, 0.15) is 0 Å². The van der Waals surface area contributed by atoms with Gasteiger partial charge in [0, 0.05) is 22.4 Å². The van der Waals surface area contributed by atoms with Crippen LogP contribution in [0.3, 0.4) is 0 Å². The lowest BCUT2D eigenvalue weighted by Crippen LogP contribution is -2.33. The molecule has 108 valence electrons. The molecule has 0 spiro atoms. The van der Waals surface area contributed by atoms with Crippen molar-refractivity contribution in [3.05, 3.63) is 21.9 Å². The molecule has 1 aliphatic rings. The van der Waals surface area contributed by atoms with E-state index in [9.17, 15) is 0 Å². The molecule has 2 nitrogen and oxygen atoms in total. The van der Waals surface area contributed by atoms with Gasteiger partial charge in [-0.1, -0.05) is 20.8 Å². The molecule has 1 fully saturated rings. The molecular weight excluding hydrogens is 254 g/mol. The second-order valence-electron chi connectivity index (χ2n) is 6.71. The van der Waals surface area contributed by atoms with Gasteiger partial charge in [0.2, 0.25) is 0 Å². The zero-order valence-corrected chi connectivity index (χ0v) is 13.4. The minimum atomic E-state index is 0.202. The van der Waals surface area contributed by atoms with Crippen LogP contribution in [-0.4, -0.2) is 12.7 Å². The van der Waals surface area contributed by atoms with E-state index in [1.807, 2.05) is 11.3 Å². The molecule has 1 aliphatic carbocycles. The molecule has 1 aromatic heterocycles. The fraction of sp³-hybridized carbons (Fsp3) is 0.750. The third kappa shape index (κ3) is 3.80. The zero-order valence-electron chi connectivity index (χ0n) is 12.6. The Balaban J connectivity index is 1.84. The molecule has 0 radical (unpaired) electrons. The summed E-state index contributed by atoms with van der Waals surface area (Å²) >= 11 is 1.88. The van der Waals surface area contributed by atoms with Crippen LogP contribution >= 0.6 is 11.3 Å². The molecule has 1 saturated carbocycles. The summed E-state index contributed by atoms with van der Waals surface area (Å²) in [7, 11) is 0. The molecule has 0 amide bonds. The van der Waals surface area contributed by atoms with E-state index in [0.29, 0.717) is 6.10 Å². The Kier molecular flexibility index (Phi) is 4.70. The van der Waals surface area contributed by atoms with E-state index < -0.39 is 0 Å². The van der Waals surface area contributed by atoms with Crippen molar-refractivity contribution in [1.82, 2.24) is 0 Å². The van der Waals surface area contributed by atoms with Crippen LogP contribution < -0.4 is 5.73 Å². The van der Waals surface area contributed by atoms with Crippen molar-refractivity contribution in [2.45, 2.75) is 64.5 Å². The smallest absolute Gasteiger partial charge is 0.0580 e. The van der Waals surface area contributed by atoms with Gasteiger partial charge in [-0.15, -0.1) is 11.3 Å². The van der Waals surface area contributed by atoms with Gasteiger partial charge in [-0.2, -0.15) is 0 Å². The molecule has 3 heteroatoms. The lowest BCUT2D eigenvalue weighted by atomic mass is 9.78. The van der Waals surface area contributed by atoms with E-state index in [1.165, 1.54) is 22.6 Å². The number of ether oxygens (including phenoxy) is 1. The third-order valence-corrected chi connectivity index (χ3v) is 5.56. The molecule has 0 saturated heterocycles. The summed E-state index contributed by atoms with van der Waals surface area (Å²) in [4.78, 5) is 2.77. The van der Waals surface area contributed by atoms with Crippen LogP contribution in [0.2, 0.25) is 0 Å². The van der Waals surface area contributed by atoms with Crippen LogP contribution in [0, 0.1) is 5.92 Å². The quantitative estimate of drug-likeness (QED) is 0.875. The molecule has 0 aromatic carbocycles. The molecule has 1 heterocycles. The number of thiophene rings is 1. The van der Waals surface area contributed by atoms with E-state index in [2.05, 4.69) is 39.8 Å². The SMILES string of the molecule is CCOC1CC(CC(N)c2ccc(C(C)(C)C)s2)C1. The first-order chi connectivity index (χ1) is 8.90. The highest BCUT2D eigenvalue weighted by Gasteiger charge is 2.31. The first-order valence-electron chi connectivity index (χ1n) is 7.37. The van der Waals surface area contributed by atoms with Crippen LogP contribution in [0.1, 0.15) is 62.8 Å². The maximum absolute atomic E-state index is 6.35. The van der Waals surface area contributed by atoms with Gasteiger partial charge in [0.15, 0.2) is 0 Å². The van der Waals surface area contributed by atoms with Gasteiger partial charge in [-0.05, 0) is 49.7 Å². The van der Waals surface area contributed by atoms with Gasteiger partial charge >= 0.3 is 0 Å². The monoisotopic (exact) mass is 281 g/mol. The maximum atomic E-state index is 6.35. The van der Waals surface area contributed by atoms with Gasteiger partial charge in [0.25, 0.3) is 0 Å². The average molecular weight is 281 g/mol. The summed E-state index contributed by atoms with van der Waals surface area (Å²) in [6.07, 6.45) is 3.99. The lowest BCUT2D eigenvalue weighted by Gasteiger charge is -2.36. The summed E-state index contributed by atoms with van der Waals surface area (Å²) in [6.45, 7) is 9.67. The molecule has 19 heavy (non-hydrogen) atoms. The fourth-order valence-corrected chi connectivity index (χ4v) is 3.75.